The molecule has 0 bridgehead atoms. The van der Waals surface area contributed by atoms with E-state index < -0.39 is 17.5 Å². The van der Waals surface area contributed by atoms with Crippen molar-refractivity contribution in [1.82, 2.24) is 9.88 Å². The maximum atomic E-state index is 13.3. The van der Waals surface area contributed by atoms with Gasteiger partial charge in [0.15, 0.2) is 5.01 Å². The third-order valence-corrected chi connectivity index (χ3v) is 5.59. The Kier molecular flexibility index (Phi) is 5.17. The summed E-state index contributed by atoms with van der Waals surface area (Å²) in [6.45, 7) is 4.83. The molecule has 1 atom stereocenters. The quantitative estimate of drug-likeness (QED) is 0.628. The Balaban J connectivity index is 2.08. The van der Waals surface area contributed by atoms with Crippen molar-refractivity contribution in [3.8, 4) is 0 Å². The van der Waals surface area contributed by atoms with Crippen LogP contribution in [0, 0.1) is 6.92 Å². The molecule has 2 aromatic rings. The molecule has 1 fully saturated rings. The fourth-order valence-electron chi connectivity index (χ4n) is 3.34. The number of thiazole rings is 1. The fraction of sp³-hybridized carbons (Fsp3) is 0.500. The molecule has 1 N–H and O–H groups in total. The summed E-state index contributed by atoms with van der Waals surface area (Å²) in [5.41, 5.74) is -0.287. The van der Waals surface area contributed by atoms with E-state index in [1.807, 2.05) is 25.1 Å². The lowest BCUT2D eigenvalue weighted by Gasteiger charge is -2.40. The number of hydrogen-bond acceptors (Lipinski definition) is 6. The summed E-state index contributed by atoms with van der Waals surface area (Å²) >= 11 is 1.22. The summed E-state index contributed by atoms with van der Waals surface area (Å²) in [6, 6.07) is 5.72. The number of rotatable bonds is 6. The normalized spacial score (nSPS) is 18.2. The number of fused-ring (bicyclic) bond motifs is 1. The molecule has 1 unspecified atom stereocenters. The van der Waals surface area contributed by atoms with Crippen LogP contribution in [0.2, 0.25) is 0 Å². The van der Waals surface area contributed by atoms with Gasteiger partial charge in [0.1, 0.15) is 0 Å². The average molecular weight is 362 g/mol. The van der Waals surface area contributed by atoms with Crippen molar-refractivity contribution in [2.75, 3.05) is 19.7 Å². The SMILES string of the molecule is CCOC(C(=O)O)(C(=O)c1nc2c(C)cccc2s1)N1CCCCC1. The Morgan fingerprint density at radius 2 is 2.04 bits per heavy atom. The van der Waals surface area contributed by atoms with E-state index in [0.29, 0.717) is 13.1 Å². The monoisotopic (exact) mass is 362 g/mol. The second-order valence-corrected chi connectivity index (χ2v) is 7.23. The molecule has 1 aromatic carbocycles. The Hall–Kier alpha value is -1.83. The topological polar surface area (TPSA) is 79.7 Å². The highest BCUT2D eigenvalue weighted by molar-refractivity contribution is 7.20. The number of benzene rings is 1. The minimum absolute atomic E-state index is 0.137. The van der Waals surface area contributed by atoms with E-state index in [1.165, 1.54) is 11.3 Å². The zero-order chi connectivity index (χ0) is 18.0. The highest BCUT2D eigenvalue weighted by Gasteiger charge is 2.54. The molecule has 1 aliphatic rings. The summed E-state index contributed by atoms with van der Waals surface area (Å²) in [5, 5.41) is 10.1. The number of aromatic nitrogens is 1. The zero-order valence-corrected chi connectivity index (χ0v) is 15.3. The number of carboxylic acid groups (broad SMARTS) is 1. The number of piperidine rings is 1. The van der Waals surface area contributed by atoms with Crippen LogP contribution in [0.3, 0.4) is 0 Å². The number of carboxylic acids is 1. The number of para-hydroxylation sites is 1. The van der Waals surface area contributed by atoms with Gasteiger partial charge in [-0.2, -0.15) is 0 Å². The molecule has 1 aliphatic heterocycles. The standard InChI is InChI=1S/C18H22N2O4S/c1-3-24-18(17(22)23,20-10-5-4-6-11-20)15(21)16-19-14-12(2)8-7-9-13(14)25-16/h7-9H,3-6,10-11H2,1-2H3,(H,22,23). The Morgan fingerprint density at radius 1 is 1.32 bits per heavy atom. The summed E-state index contributed by atoms with van der Waals surface area (Å²) in [6.07, 6.45) is 2.75. The zero-order valence-electron chi connectivity index (χ0n) is 14.4. The van der Waals surface area contributed by atoms with Crippen LogP contribution in [-0.4, -0.2) is 52.2 Å². The highest BCUT2D eigenvalue weighted by Crippen LogP contribution is 2.32. The van der Waals surface area contributed by atoms with Crippen molar-refractivity contribution >= 4 is 33.3 Å². The van der Waals surface area contributed by atoms with Crippen molar-refractivity contribution in [2.24, 2.45) is 0 Å². The molecule has 2 heterocycles. The number of aryl methyl sites for hydroxylation is 1. The molecule has 25 heavy (non-hydrogen) atoms. The summed E-state index contributed by atoms with van der Waals surface area (Å²) in [4.78, 5) is 31.6. The molecule has 1 aromatic heterocycles. The lowest BCUT2D eigenvalue weighted by Crippen LogP contribution is -2.63. The van der Waals surface area contributed by atoms with Gasteiger partial charge in [-0.15, -0.1) is 11.3 Å². The van der Waals surface area contributed by atoms with Crippen LogP contribution in [0.25, 0.3) is 10.2 Å². The van der Waals surface area contributed by atoms with E-state index in [2.05, 4.69) is 4.98 Å². The van der Waals surface area contributed by atoms with E-state index in [4.69, 9.17) is 4.74 Å². The predicted octanol–water partition coefficient (Wildman–Crippen LogP) is 3.09. The van der Waals surface area contributed by atoms with Gasteiger partial charge in [-0.05, 0) is 38.3 Å². The van der Waals surface area contributed by atoms with Gasteiger partial charge < -0.3 is 9.84 Å². The van der Waals surface area contributed by atoms with Crippen molar-refractivity contribution in [2.45, 2.75) is 38.8 Å². The van der Waals surface area contributed by atoms with Crippen LogP contribution >= 0.6 is 11.3 Å². The number of carbonyl (C=O) groups is 2. The van der Waals surface area contributed by atoms with Gasteiger partial charge in [0.2, 0.25) is 5.78 Å². The third-order valence-electron chi connectivity index (χ3n) is 4.57. The largest absolute Gasteiger partial charge is 0.478 e. The molecule has 0 radical (unpaired) electrons. The van der Waals surface area contributed by atoms with Gasteiger partial charge in [-0.1, -0.05) is 18.6 Å². The maximum absolute atomic E-state index is 13.3. The molecule has 0 spiro atoms. The van der Waals surface area contributed by atoms with Gasteiger partial charge in [-0.25, -0.2) is 9.78 Å². The molecule has 0 saturated carbocycles. The maximum Gasteiger partial charge on any atom is 0.360 e. The van der Waals surface area contributed by atoms with E-state index in [9.17, 15) is 14.7 Å². The minimum atomic E-state index is -1.99. The van der Waals surface area contributed by atoms with Gasteiger partial charge in [0.05, 0.1) is 10.2 Å². The number of ketones is 1. The number of aliphatic carboxylic acids is 1. The van der Waals surface area contributed by atoms with E-state index in [-0.39, 0.29) is 11.6 Å². The van der Waals surface area contributed by atoms with E-state index in [0.717, 1.165) is 35.0 Å². The Labute approximate surface area is 150 Å². The summed E-state index contributed by atoms with van der Waals surface area (Å²) in [7, 11) is 0. The Morgan fingerprint density at radius 3 is 2.64 bits per heavy atom. The van der Waals surface area contributed by atoms with Crippen molar-refractivity contribution < 1.29 is 19.4 Å². The van der Waals surface area contributed by atoms with E-state index in [1.54, 1.807) is 11.8 Å². The van der Waals surface area contributed by atoms with Crippen LogP contribution in [0.5, 0.6) is 0 Å². The van der Waals surface area contributed by atoms with Crippen LogP contribution < -0.4 is 0 Å². The molecular weight excluding hydrogens is 340 g/mol. The first-order valence-electron chi connectivity index (χ1n) is 8.54. The van der Waals surface area contributed by atoms with Gasteiger partial charge >= 0.3 is 5.97 Å². The number of hydrogen-bond donors (Lipinski definition) is 1. The smallest absolute Gasteiger partial charge is 0.360 e. The van der Waals surface area contributed by atoms with Crippen molar-refractivity contribution in [1.29, 1.82) is 0 Å². The number of Topliss-reactive ketones (excluding diaryl/α,β-unsaturated/α-hetero) is 1. The molecule has 7 heteroatoms. The van der Waals surface area contributed by atoms with Crippen LogP contribution in [0.4, 0.5) is 0 Å². The van der Waals surface area contributed by atoms with Gasteiger partial charge in [0, 0.05) is 19.7 Å². The molecule has 134 valence electrons. The van der Waals surface area contributed by atoms with Crippen LogP contribution in [0.15, 0.2) is 18.2 Å². The first kappa shape index (κ1) is 18.0. The highest BCUT2D eigenvalue weighted by atomic mass is 32.1. The molecule has 0 aliphatic carbocycles. The van der Waals surface area contributed by atoms with Crippen LogP contribution in [0.1, 0.15) is 41.6 Å². The summed E-state index contributed by atoms with van der Waals surface area (Å²) in [5.74, 6) is -1.85. The van der Waals surface area contributed by atoms with Crippen molar-refractivity contribution in [3.63, 3.8) is 0 Å². The van der Waals surface area contributed by atoms with E-state index >= 15 is 0 Å². The number of nitrogens with zero attached hydrogens (tertiary/aromatic N) is 2. The molecule has 1 saturated heterocycles. The number of carbonyl (C=O) groups excluding carboxylic acids is 1. The first-order chi connectivity index (χ1) is 12.0. The summed E-state index contributed by atoms with van der Waals surface area (Å²) < 4.78 is 6.49. The first-order valence-corrected chi connectivity index (χ1v) is 9.35. The lowest BCUT2D eigenvalue weighted by molar-refractivity contribution is -0.184. The second-order valence-electron chi connectivity index (χ2n) is 6.20. The third kappa shape index (κ3) is 3.07. The number of ether oxygens (including phenoxy) is 1. The second kappa shape index (κ2) is 7.19. The Bertz CT molecular complexity index is 797. The minimum Gasteiger partial charge on any atom is -0.478 e. The molecule has 3 rings (SSSR count). The molecule has 6 nitrogen and oxygen atoms in total. The average Bonchev–Trinajstić information content (AvgIpc) is 3.05. The van der Waals surface area contributed by atoms with Crippen LogP contribution in [-0.2, 0) is 9.53 Å². The lowest BCUT2D eigenvalue weighted by atomic mass is 10.0. The molecule has 0 amide bonds. The van der Waals surface area contributed by atoms with Gasteiger partial charge in [0.25, 0.3) is 5.72 Å². The fourth-order valence-corrected chi connectivity index (χ4v) is 4.37. The molecular formula is C18H22N2O4S. The predicted molar refractivity (Wildman–Crippen MR) is 96.1 cm³/mol. The van der Waals surface area contributed by atoms with Gasteiger partial charge in [-0.3, -0.25) is 9.69 Å². The van der Waals surface area contributed by atoms with Crippen molar-refractivity contribution in [3.05, 3.63) is 28.8 Å². The number of likely N-dealkylation sites (tertiary alicyclic amines) is 1.